The van der Waals surface area contributed by atoms with Crippen molar-refractivity contribution in [1.29, 1.82) is 5.26 Å². The standard InChI is InChI=1S/C27H27N5O2S/c1-16-5-6-19(13-28)22(9-16)20-10-21(11-20)35-27(34)25(29-3)14-30-17(2)18-7-8-24-23(12-18)26(33)32(4)15-31-24/h5-9,12,14-15,17,20-21,30H,3,10-11H2,1-2,4H3/b25-14-/t17-,20?,21?/m1/s1. The number of carbonyl (C=O) groups is 1. The predicted octanol–water partition coefficient (Wildman–Crippen LogP) is 4.51. The van der Waals surface area contributed by atoms with E-state index in [2.05, 4.69) is 34.1 Å². The third-order valence-corrected chi connectivity index (χ3v) is 7.57. The van der Waals surface area contributed by atoms with Gasteiger partial charge in [0.15, 0.2) is 0 Å². The van der Waals surface area contributed by atoms with Crippen LogP contribution in [0.5, 0.6) is 0 Å². The number of benzene rings is 2. The van der Waals surface area contributed by atoms with E-state index in [1.165, 1.54) is 22.7 Å². The lowest BCUT2D eigenvalue weighted by Crippen LogP contribution is -2.26. The van der Waals surface area contributed by atoms with Crippen molar-refractivity contribution in [2.24, 2.45) is 12.0 Å². The van der Waals surface area contributed by atoms with Crippen LogP contribution in [0.15, 0.2) is 64.4 Å². The van der Waals surface area contributed by atoms with Crippen molar-refractivity contribution in [1.82, 2.24) is 14.9 Å². The number of rotatable bonds is 7. The van der Waals surface area contributed by atoms with Crippen LogP contribution in [-0.2, 0) is 11.8 Å². The number of hydrogen-bond donors (Lipinski definition) is 1. The fourth-order valence-corrected chi connectivity index (χ4v) is 5.42. The second-order valence-corrected chi connectivity index (χ2v) is 10.2. The SMILES string of the molecule is C=N/C(=C\N[C@H](C)c1ccc2ncn(C)c(=O)c2c1)C(=O)SC1CC(c2cc(C)ccc2C#N)C1. The molecule has 0 spiro atoms. The van der Waals surface area contributed by atoms with Gasteiger partial charge in [0, 0.05) is 24.5 Å². The van der Waals surface area contributed by atoms with Crippen molar-refractivity contribution in [3.05, 3.63) is 87.2 Å². The van der Waals surface area contributed by atoms with Crippen molar-refractivity contribution in [3.8, 4) is 6.07 Å². The van der Waals surface area contributed by atoms with E-state index in [0.29, 0.717) is 22.4 Å². The molecule has 1 aliphatic carbocycles. The molecule has 35 heavy (non-hydrogen) atoms. The topological polar surface area (TPSA) is 100 Å². The summed E-state index contributed by atoms with van der Waals surface area (Å²) in [5.74, 6) is 0.298. The van der Waals surface area contributed by atoms with E-state index >= 15 is 0 Å². The summed E-state index contributed by atoms with van der Waals surface area (Å²) in [4.78, 5) is 33.4. The monoisotopic (exact) mass is 485 g/mol. The third kappa shape index (κ3) is 5.20. The van der Waals surface area contributed by atoms with E-state index in [1.54, 1.807) is 13.2 Å². The predicted molar refractivity (Wildman–Crippen MR) is 140 cm³/mol. The van der Waals surface area contributed by atoms with Crippen LogP contribution in [0.3, 0.4) is 0 Å². The highest BCUT2D eigenvalue weighted by Gasteiger charge is 2.34. The number of aromatic nitrogens is 2. The van der Waals surface area contributed by atoms with Crippen molar-refractivity contribution in [2.45, 2.75) is 43.9 Å². The van der Waals surface area contributed by atoms with Gasteiger partial charge >= 0.3 is 0 Å². The zero-order valence-corrected chi connectivity index (χ0v) is 20.8. The molecule has 4 rings (SSSR count). The minimum absolute atomic E-state index is 0.106. The first-order chi connectivity index (χ1) is 16.8. The zero-order valence-electron chi connectivity index (χ0n) is 20.0. The number of aryl methyl sites for hydroxylation is 2. The van der Waals surface area contributed by atoms with Crippen LogP contribution in [-0.4, -0.2) is 26.6 Å². The Balaban J connectivity index is 1.38. The highest BCUT2D eigenvalue weighted by molar-refractivity contribution is 8.14. The third-order valence-electron chi connectivity index (χ3n) is 6.43. The Bertz CT molecular complexity index is 1430. The summed E-state index contributed by atoms with van der Waals surface area (Å²) >= 11 is 1.27. The van der Waals surface area contributed by atoms with Gasteiger partial charge in [0.2, 0.25) is 5.12 Å². The maximum atomic E-state index is 12.8. The molecule has 1 aliphatic rings. The maximum absolute atomic E-state index is 12.8. The minimum Gasteiger partial charge on any atom is -0.383 e. The lowest BCUT2D eigenvalue weighted by Gasteiger charge is -2.35. The van der Waals surface area contributed by atoms with Crippen LogP contribution in [0, 0.1) is 18.3 Å². The smallest absolute Gasteiger partial charge is 0.260 e. The summed E-state index contributed by atoms with van der Waals surface area (Å²) in [5.41, 5.74) is 4.62. The fourth-order valence-electron chi connectivity index (χ4n) is 4.22. The highest BCUT2D eigenvalue weighted by Crippen LogP contribution is 2.45. The van der Waals surface area contributed by atoms with Gasteiger partial charge in [0.1, 0.15) is 5.70 Å². The first-order valence-corrected chi connectivity index (χ1v) is 12.3. The van der Waals surface area contributed by atoms with Gasteiger partial charge in [-0.05, 0) is 68.7 Å². The first kappa shape index (κ1) is 24.4. The Hall–Kier alpha value is -3.70. The molecule has 0 aliphatic heterocycles. The molecule has 8 heteroatoms. The molecule has 178 valence electrons. The van der Waals surface area contributed by atoms with Gasteiger partial charge in [-0.1, -0.05) is 35.5 Å². The van der Waals surface area contributed by atoms with E-state index in [0.717, 1.165) is 29.5 Å². The zero-order chi connectivity index (χ0) is 25.1. The van der Waals surface area contributed by atoms with E-state index in [1.807, 2.05) is 44.2 Å². The van der Waals surface area contributed by atoms with Crippen molar-refractivity contribution < 1.29 is 4.79 Å². The number of aliphatic imine (C=N–C) groups is 1. The van der Waals surface area contributed by atoms with E-state index in [-0.39, 0.29) is 27.7 Å². The molecule has 0 bridgehead atoms. The Morgan fingerprint density at radius 2 is 2.11 bits per heavy atom. The summed E-state index contributed by atoms with van der Waals surface area (Å²) in [7, 11) is 1.67. The summed E-state index contributed by atoms with van der Waals surface area (Å²) < 4.78 is 1.45. The van der Waals surface area contributed by atoms with E-state index in [4.69, 9.17) is 0 Å². The second-order valence-electron chi connectivity index (χ2n) is 8.91. The molecule has 1 heterocycles. The Morgan fingerprint density at radius 1 is 1.34 bits per heavy atom. The van der Waals surface area contributed by atoms with E-state index < -0.39 is 0 Å². The molecule has 1 saturated carbocycles. The normalized spacial score (nSPS) is 18.4. The van der Waals surface area contributed by atoms with Crippen LogP contribution in [0.4, 0.5) is 0 Å². The van der Waals surface area contributed by atoms with Gasteiger partial charge < -0.3 is 9.88 Å². The van der Waals surface area contributed by atoms with Crippen molar-refractivity contribution >= 4 is 34.5 Å². The summed E-state index contributed by atoms with van der Waals surface area (Å²) in [6.07, 6.45) is 4.79. The van der Waals surface area contributed by atoms with Gasteiger partial charge in [0.05, 0.1) is 28.9 Å². The van der Waals surface area contributed by atoms with Gasteiger partial charge in [-0.15, -0.1) is 0 Å². The average molecular weight is 486 g/mol. The maximum Gasteiger partial charge on any atom is 0.260 e. The van der Waals surface area contributed by atoms with Gasteiger partial charge in [-0.25, -0.2) is 4.98 Å². The Labute approximate surface area is 208 Å². The van der Waals surface area contributed by atoms with Crippen LogP contribution >= 0.6 is 11.8 Å². The molecule has 1 atom stereocenters. The van der Waals surface area contributed by atoms with Gasteiger partial charge in [-0.2, -0.15) is 5.26 Å². The number of nitriles is 1. The van der Waals surface area contributed by atoms with Crippen LogP contribution < -0.4 is 10.9 Å². The Morgan fingerprint density at radius 3 is 2.83 bits per heavy atom. The van der Waals surface area contributed by atoms with E-state index in [9.17, 15) is 14.9 Å². The van der Waals surface area contributed by atoms with Crippen molar-refractivity contribution in [3.63, 3.8) is 0 Å². The van der Waals surface area contributed by atoms with Crippen molar-refractivity contribution in [2.75, 3.05) is 0 Å². The quantitative estimate of drug-likeness (QED) is 0.390. The minimum atomic E-state index is -0.155. The largest absolute Gasteiger partial charge is 0.383 e. The molecule has 0 saturated heterocycles. The molecule has 1 fully saturated rings. The summed E-state index contributed by atoms with van der Waals surface area (Å²) in [6, 6.07) is 13.6. The van der Waals surface area contributed by atoms with Gasteiger partial charge in [-0.3, -0.25) is 14.6 Å². The summed E-state index contributed by atoms with van der Waals surface area (Å²) in [6.45, 7) is 7.53. The fraction of sp³-hybridized carbons (Fsp3) is 0.296. The molecule has 0 unspecified atom stereocenters. The number of carbonyl (C=O) groups excluding carboxylic acids is 1. The number of nitrogens with one attached hydrogen (secondary N) is 1. The average Bonchev–Trinajstić information content (AvgIpc) is 2.83. The van der Waals surface area contributed by atoms with Crippen LogP contribution in [0.2, 0.25) is 0 Å². The molecule has 1 aromatic heterocycles. The lowest BCUT2D eigenvalue weighted by molar-refractivity contribution is -0.108. The molecule has 1 N–H and O–H groups in total. The van der Waals surface area contributed by atoms with Crippen LogP contribution in [0.25, 0.3) is 10.9 Å². The molecule has 0 amide bonds. The number of thioether (sulfide) groups is 1. The molecule has 3 aromatic rings. The number of hydrogen-bond acceptors (Lipinski definition) is 7. The number of nitrogens with zero attached hydrogens (tertiary/aromatic N) is 4. The number of fused-ring (bicyclic) bond motifs is 1. The molecular formula is C27H27N5O2S. The first-order valence-electron chi connectivity index (χ1n) is 11.4. The lowest BCUT2D eigenvalue weighted by atomic mass is 9.77. The Kier molecular flexibility index (Phi) is 7.17. The molecule has 7 nitrogen and oxygen atoms in total. The second kappa shape index (κ2) is 10.3. The molecule has 2 aromatic carbocycles. The highest BCUT2D eigenvalue weighted by atomic mass is 32.2. The summed E-state index contributed by atoms with van der Waals surface area (Å²) in [5, 5.41) is 13.2. The van der Waals surface area contributed by atoms with Gasteiger partial charge in [0.25, 0.3) is 5.56 Å². The van der Waals surface area contributed by atoms with Crippen LogP contribution in [0.1, 0.15) is 54.0 Å². The molecule has 0 radical (unpaired) electrons. The molecular weight excluding hydrogens is 458 g/mol.